The lowest BCUT2D eigenvalue weighted by Gasteiger charge is -2.30. The number of amides is 1. The van der Waals surface area contributed by atoms with E-state index in [9.17, 15) is 4.79 Å². The molecule has 1 heterocycles. The number of fused-ring (bicyclic) bond motifs is 1. The maximum Gasteiger partial charge on any atom is 0.241 e. The maximum atomic E-state index is 11.7. The van der Waals surface area contributed by atoms with Gasteiger partial charge in [0.25, 0.3) is 0 Å². The summed E-state index contributed by atoms with van der Waals surface area (Å²) in [5.41, 5.74) is 8.25. The highest BCUT2D eigenvalue weighted by atomic mass is 35.5. The molecule has 0 fully saturated rings. The van der Waals surface area contributed by atoms with Crippen molar-refractivity contribution in [3.8, 4) is 0 Å². The van der Waals surface area contributed by atoms with Gasteiger partial charge in [0.1, 0.15) is 5.88 Å². The highest BCUT2D eigenvalue weighted by Crippen LogP contribution is 2.35. The van der Waals surface area contributed by atoms with Crippen LogP contribution in [0.25, 0.3) is 0 Å². The van der Waals surface area contributed by atoms with Gasteiger partial charge in [0, 0.05) is 11.6 Å². The number of aryl methyl sites for hydroxylation is 1. The predicted molar refractivity (Wildman–Crippen MR) is 67.3 cm³/mol. The number of carbonyl (C=O) groups excluding carboxylic acids is 1. The fraction of sp³-hybridized carbons (Fsp3) is 0.364. The molecule has 0 aromatic heterocycles. The Morgan fingerprint density at radius 2 is 2.25 bits per heavy atom. The molecule has 1 amide bonds. The zero-order chi connectivity index (χ0) is 11.7. The van der Waals surface area contributed by atoms with Crippen LogP contribution in [0.5, 0.6) is 0 Å². The quantitative estimate of drug-likeness (QED) is 0.622. The molecule has 2 rings (SSSR count). The second-order valence-corrected chi connectivity index (χ2v) is 4.49. The Morgan fingerprint density at radius 3 is 2.94 bits per heavy atom. The Morgan fingerprint density at radius 1 is 1.50 bits per heavy atom. The second-order valence-electron chi connectivity index (χ2n) is 3.79. The fourth-order valence-corrected chi connectivity index (χ4v) is 2.45. The van der Waals surface area contributed by atoms with Crippen LogP contribution in [0.2, 0.25) is 5.02 Å². The number of rotatable bonds is 1. The molecule has 5 heteroatoms. The zero-order valence-corrected chi connectivity index (χ0v) is 10.2. The number of nitrogen functional groups attached to an aromatic ring is 1. The Labute approximate surface area is 104 Å². The van der Waals surface area contributed by atoms with Crippen molar-refractivity contribution in [1.82, 2.24) is 0 Å². The van der Waals surface area contributed by atoms with E-state index in [0.29, 0.717) is 17.3 Å². The Balaban J connectivity index is 2.49. The van der Waals surface area contributed by atoms with Crippen LogP contribution in [0.15, 0.2) is 12.1 Å². The van der Waals surface area contributed by atoms with Crippen LogP contribution in [-0.2, 0) is 11.2 Å². The smallest absolute Gasteiger partial charge is 0.241 e. The van der Waals surface area contributed by atoms with Crippen molar-refractivity contribution < 1.29 is 4.79 Å². The van der Waals surface area contributed by atoms with E-state index in [1.54, 1.807) is 11.0 Å². The van der Waals surface area contributed by atoms with Crippen LogP contribution in [0.4, 0.5) is 11.4 Å². The first-order valence-corrected chi connectivity index (χ1v) is 5.99. The van der Waals surface area contributed by atoms with Gasteiger partial charge >= 0.3 is 0 Å². The molecule has 0 saturated heterocycles. The molecule has 0 saturated carbocycles. The highest BCUT2D eigenvalue weighted by molar-refractivity contribution is 6.31. The summed E-state index contributed by atoms with van der Waals surface area (Å²) >= 11 is 11.5. The number of carbonyl (C=O) groups is 1. The number of hydrogen-bond donors (Lipinski definition) is 1. The number of alkyl halides is 1. The largest absolute Gasteiger partial charge is 0.397 e. The van der Waals surface area contributed by atoms with Gasteiger partial charge in [-0.15, -0.1) is 11.6 Å². The summed E-state index contributed by atoms with van der Waals surface area (Å²) in [5, 5.41) is 0.608. The number of nitrogens with two attached hydrogens (primary N) is 1. The second kappa shape index (κ2) is 4.52. The van der Waals surface area contributed by atoms with E-state index in [1.807, 2.05) is 6.07 Å². The summed E-state index contributed by atoms with van der Waals surface area (Å²) in [7, 11) is 0. The number of halogens is 2. The molecule has 3 nitrogen and oxygen atoms in total. The number of benzene rings is 1. The average molecular weight is 259 g/mol. The molecular weight excluding hydrogens is 247 g/mol. The molecule has 16 heavy (non-hydrogen) atoms. The van der Waals surface area contributed by atoms with Gasteiger partial charge in [0.2, 0.25) is 5.91 Å². The van der Waals surface area contributed by atoms with E-state index in [2.05, 4.69) is 0 Å². The number of nitrogens with zero attached hydrogens (tertiary/aromatic N) is 1. The van der Waals surface area contributed by atoms with Gasteiger partial charge in [-0.3, -0.25) is 4.79 Å². The third-order valence-electron chi connectivity index (χ3n) is 2.70. The van der Waals surface area contributed by atoms with Gasteiger partial charge in [-0.2, -0.15) is 0 Å². The number of hydrogen-bond acceptors (Lipinski definition) is 2. The van der Waals surface area contributed by atoms with Crippen LogP contribution in [0.3, 0.4) is 0 Å². The fourth-order valence-electron chi connectivity index (χ4n) is 2.06. The van der Waals surface area contributed by atoms with Crippen molar-refractivity contribution in [2.24, 2.45) is 0 Å². The van der Waals surface area contributed by atoms with Crippen molar-refractivity contribution in [2.45, 2.75) is 12.8 Å². The van der Waals surface area contributed by atoms with Crippen molar-refractivity contribution in [3.63, 3.8) is 0 Å². The standard InChI is InChI=1S/C11H12Cl2N2O/c12-6-10(16)15-3-1-2-7-4-8(13)5-9(14)11(7)15/h4-5H,1-3,6,14H2. The van der Waals surface area contributed by atoms with E-state index in [4.69, 9.17) is 28.9 Å². The molecule has 0 spiro atoms. The summed E-state index contributed by atoms with van der Waals surface area (Å²) in [6, 6.07) is 3.53. The minimum Gasteiger partial charge on any atom is -0.397 e. The third-order valence-corrected chi connectivity index (χ3v) is 3.14. The first-order valence-electron chi connectivity index (χ1n) is 5.07. The first kappa shape index (κ1) is 11.6. The van der Waals surface area contributed by atoms with Crippen LogP contribution < -0.4 is 10.6 Å². The topological polar surface area (TPSA) is 46.3 Å². The van der Waals surface area contributed by atoms with Crippen LogP contribution in [-0.4, -0.2) is 18.3 Å². The Hall–Kier alpha value is -0.930. The molecule has 2 N–H and O–H groups in total. The van der Waals surface area contributed by atoms with Crippen LogP contribution in [0, 0.1) is 0 Å². The van der Waals surface area contributed by atoms with Crippen molar-refractivity contribution in [3.05, 3.63) is 22.7 Å². The predicted octanol–water partition coefficient (Wildman–Crippen LogP) is 2.44. The van der Waals surface area contributed by atoms with E-state index in [-0.39, 0.29) is 11.8 Å². The van der Waals surface area contributed by atoms with Gasteiger partial charge in [0.15, 0.2) is 0 Å². The SMILES string of the molecule is Nc1cc(Cl)cc2c1N(C(=O)CCl)CCC2. The first-order chi connectivity index (χ1) is 7.63. The summed E-state index contributed by atoms with van der Waals surface area (Å²) < 4.78 is 0. The van der Waals surface area contributed by atoms with Gasteiger partial charge in [-0.1, -0.05) is 11.6 Å². The molecule has 1 aliphatic rings. The minimum atomic E-state index is -0.114. The zero-order valence-electron chi connectivity index (χ0n) is 8.67. The summed E-state index contributed by atoms with van der Waals surface area (Å²) in [6.07, 6.45) is 1.81. The lowest BCUT2D eigenvalue weighted by atomic mass is 10.0. The molecule has 0 radical (unpaired) electrons. The van der Waals surface area contributed by atoms with Gasteiger partial charge in [0.05, 0.1) is 11.4 Å². The molecule has 1 aromatic carbocycles. The molecule has 86 valence electrons. The lowest BCUT2D eigenvalue weighted by molar-refractivity contribution is -0.116. The minimum absolute atomic E-state index is 0.0263. The summed E-state index contributed by atoms with van der Waals surface area (Å²) in [4.78, 5) is 13.3. The van der Waals surface area contributed by atoms with Gasteiger partial charge in [-0.05, 0) is 30.5 Å². The molecular formula is C11H12Cl2N2O. The van der Waals surface area contributed by atoms with E-state index < -0.39 is 0 Å². The molecule has 0 atom stereocenters. The average Bonchev–Trinajstić information content (AvgIpc) is 2.26. The molecule has 1 aromatic rings. The molecule has 0 unspecified atom stereocenters. The molecule has 0 aliphatic carbocycles. The Kier molecular flexibility index (Phi) is 3.26. The number of anilines is 2. The van der Waals surface area contributed by atoms with Crippen LogP contribution >= 0.6 is 23.2 Å². The maximum absolute atomic E-state index is 11.7. The van der Waals surface area contributed by atoms with Crippen molar-refractivity contribution in [1.29, 1.82) is 0 Å². The van der Waals surface area contributed by atoms with Gasteiger partial charge < -0.3 is 10.6 Å². The Bertz CT molecular complexity index is 434. The normalized spacial score (nSPS) is 14.8. The summed E-state index contributed by atoms with van der Waals surface area (Å²) in [5.74, 6) is -0.141. The van der Waals surface area contributed by atoms with E-state index in [0.717, 1.165) is 24.1 Å². The van der Waals surface area contributed by atoms with Crippen molar-refractivity contribution >= 4 is 40.5 Å². The van der Waals surface area contributed by atoms with E-state index >= 15 is 0 Å². The van der Waals surface area contributed by atoms with E-state index in [1.165, 1.54) is 0 Å². The monoisotopic (exact) mass is 258 g/mol. The van der Waals surface area contributed by atoms with Gasteiger partial charge in [-0.25, -0.2) is 0 Å². The van der Waals surface area contributed by atoms with Crippen molar-refractivity contribution in [2.75, 3.05) is 23.1 Å². The molecule has 0 bridgehead atoms. The molecule has 1 aliphatic heterocycles. The third kappa shape index (κ3) is 1.97. The highest BCUT2D eigenvalue weighted by Gasteiger charge is 2.24. The lowest BCUT2D eigenvalue weighted by Crippen LogP contribution is -2.36. The van der Waals surface area contributed by atoms with Crippen LogP contribution in [0.1, 0.15) is 12.0 Å². The summed E-state index contributed by atoms with van der Waals surface area (Å²) in [6.45, 7) is 0.671.